The summed E-state index contributed by atoms with van der Waals surface area (Å²) in [5.74, 6) is -7.28. The van der Waals surface area contributed by atoms with Crippen molar-refractivity contribution >= 4 is 15.9 Å². The molecule has 1 nitrogen and oxygen atoms in total. The van der Waals surface area contributed by atoms with Gasteiger partial charge in [0.05, 0.1) is 0 Å². The molecule has 15 heteroatoms. The van der Waals surface area contributed by atoms with E-state index in [0.717, 1.165) is 0 Å². The van der Waals surface area contributed by atoms with E-state index in [1.54, 1.807) is 0 Å². The lowest BCUT2D eigenvalue weighted by Gasteiger charge is -2.39. The molecule has 0 spiro atoms. The van der Waals surface area contributed by atoms with E-state index in [1.807, 2.05) is 4.74 Å². The molecule has 0 fully saturated rings. The number of rotatable bonds is 5. The van der Waals surface area contributed by atoms with Crippen LogP contribution < -0.4 is 0 Å². The van der Waals surface area contributed by atoms with Crippen LogP contribution >= 0.6 is 15.9 Å². The second-order valence-electron chi connectivity index (χ2n) is 3.38. The third-order valence-electron chi connectivity index (χ3n) is 1.95. The first-order valence-corrected chi connectivity index (χ1v) is 5.10. The van der Waals surface area contributed by atoms with E-state index in [9.17, 15) is 57.1 Å². The molecule has 0 N–H and O–H groups in total. The lowest BCUT2D eigenvalue weighted by molar-refractivity contribution is -0.438. The molecule has 0 radical (unpaired) electrons. The van der Waals surface area contributed by atoms with Crippen molar-refractivity contribution in [3.05, 3.63) is 12.1 Å². The molecule has 0 heterocycles. The number of hydrogen-bond acceptors (Lipinski definition) is 1. The normalized spacial score (nSPS) is 17.0. The van der Waals surface area contributed by atoms with Crippen LogP contribution in [0.1, 0.15) is 0 Å². The minimum absolute atomic E-state index is 0.550. The van der Waals surface area contributed by atoms with Gasteiger partial charge in [-0.3, -0.25) is 0 Å². The summed E-state index contributed by atoms with van der Waals surface area (Å²) in [5, 5.41) is 0. The fourth-order valence-electron chi connectivity index (χ4n) is 0.943. The smallest absolute Gasteiger partial charge is 0.399 e. The van der Waals surface area contributed by atoms with Crippen LogP contribution in [0.4, 0.5) is 57.1 Å². The van der Waals surface area contributed by atoms with E-state index in [-0.39, 0.29) is 0 Å². The summed E-state index contributed by atoms with van der Waals surface area (Å²) in [6.45, 7) is 0. The zero-order valence-electron chi connectivity index (χ0n) is 9.20. The summed E-state index contributed by atoms with van der Waals surface area (Å²) in [4.78, 5) is -6.23. The fraction of sp³-hybridized carbons (Fsp3) is 0.714. The van der Waals surface area contributed by atoms with Gasteiger partial charge in [0.2, 0.25) is 0 Å². The predicted molar refractivity (Wildman–Crippen MR) is 45.1 cm³/mol. The highest BCUT2D eigenvalue weighted by molar-refractivity contribution is 9.10. The molecule has 22 heavy (non-hydrogen) atoms. The molecule has 0 amide bonds. The predicted octanol–water partition coefficient (Wildman–Crippen LogP) is 5.52. The quantitative estimate of drug-likeness (QED) is 0.319. The second-order valence-corrected chi connectivity index (χ2v) is 4.38. The highest BCUT2D eigenvalue weighted by atomic mass is 79.9. The summed E-state index contributed by atoms with van der Waals surface area (Å²) >= 11 is 0.550. The van der Waals surface area contributed by atoms with E-state index >= 15 is 0 Å². The molecular formula is C7BrF13O. The number of alkyl halides is 11. The molecule has 0 saturated heterocycles. The van der Waals surface area contributed by atoms with Gasteiger partial charge in [0.15, 0.2) is 0 Å². The third kappa shape index (κ3) is 3.22. The molecule has 0 aromatic rings. The average molecular weight is 427 g/mol. The van der Waals surface area contributed by atoms with Crippen LogP contribution in [0.25, 0.3) is 0 Å². The Kier molecular flexibility index (Phi) is 5.40. The zero-order valence-corrected chi connectivity index (χ0v) is 10.8. The van der Waals surface area contributed by atoms with Gasteiger partial charge >= 0.3 is 40.8 Å². The van der Waals surface area contributed by atoms with Crippen molar-refractivity contribution in [2.75, 3.05) is 0 Å². The Bertz CT molecular complexity index is 444. The van der Waals surface area contributed by atoms with Gasteiger partial charge in [0.1, 0.15) is 0 Å². The van der Waals surface area contributed by atoms with Crippen LogP contribution in [0, 0.1) is 0 Å². The van der Waals surface area contributed by atoms with Gasteiger partial charge in [-0.25, -0.2) is 4.39 Å². The van der Waals surface area contributed by atoms with Gasteiger partial charge in [-0.2, -0.15) is 52.7 Å². The van der Waals surface area contributed by atoms with Crippen molar-refractivity contribution < 1.29 is 61.8 Å². The molecule has 0 aliphatic heterocycles. The van der Waals surface area contributed by atoms with Gasteiger partial charge in [0, 0.05) is 0 Å². The lowest BCUT2D eigenvalue weighted by atomic mass is 9.95. The number of halogens is 14. The van der Waals surface area contributed by atoms with E-state index in [1.165, 1.54) is 0 Å². The summed E-state index contributed by atoms with van der Waals surface area (Å²) in [5.41, 5.74) is -7.56. The first-order valence-electron chi connectivity index (χ1n) is 4.30. The molecule has 0 aromatic heterocycles. The summed E-state index contributed by atoms with van der Waals surface area (Å²) in [6, 6.07) is -3.87. The highest BCUT2D eigenvalue weighted by Gasteiger charge is 2.90. The third-order valence-corrected chi connectivity index (χ3v) is 2.44. The maximum absolute atomic E-state index is 13.3. The Hall–Kier alpha value is -0.890. The maximum atomic E-state index is 13.3. The Morgan fingerprint density at radius 2 is 1.09 bits per heavy atom. The monoisotopic (exact) mass is 426 g/mol. The first kappa shape index (κ1) is 21.1. The molecule has 1 atom stereocenters. The van der Waals surface area contributed by atoms with E-state index in [4.69, 9.17) is 0 Å². The number of hydrogen-bond donors (Lipinski definition) is 0. The van der Waals surface area contributed by atoms with Crippen LogP contribution in [0.3, 0.4) is 0 Å². The van der Waals surface area contributed by atoms with E-state index in [2.05, 4.69) is 0 Å². The first-order chi connectivity index (χ1) is 9.33. The van der Waals surface area contributed by atoms with Crippen LogP contribution in [0.5, 0.6) is 0 Å². The Labute approximate surface area is 119 Å². The van der Waals surface area contributed by atoms with Crippen molar-refractivity contribution in [1.82, 2.24) is 0 Å². The molecule has 0 bridgehead atoms. The van der Waals surface area contributed by atoms with Gasteiger partial charge in [-0.1, -0.05) is 0 Å². The zero-order chi connectivity index (χ0) is 18.4. The van der Waals surface area contributed by atoms with Crippen molar-refractivity contribution in [3.63, 3.8) is 0 Å². The van der Waals surface area contributed by atoms with Gasteiger partial charge in [-0.15, -0.1) is 0 Å². The van der Waals surface area contributed by atoms with Gasteiger partial charge < -0.3 is 4.74 Å². The van der Waals surface area contributed by atoms with Crippen LogP contribution in [-0.4, -0.2) is 28.7 Å². The average Bonchev–Trinajstić information content (AvgIpc) is 2.23. The molecule has 0 aliphatic rings. The SMILES string of the molecule is FC(F)=C(F)OC(F)(F)C(F)(C(F)(F)F)C(F)(F)C(F)(F)Br. The van der Waals surface area contributed by atoms with Crippen molar-refractivity contribution in [1.29, 1.82) is 0 Å². The van der Waals surface area contributed by atoms with E-state index in [0.29, 0.717) is 15.9 Å². The molecule has 0 aromatic carbocycles. The molecule has 132 valence electrons. The fourth-order valence-corrected chi connectivity index (χ4v) is 1.22. The maximum Gasteiger partial charge on any atom is 0.450 e. The minimum Gasteiger partial charge on any atom is -0.399 e. The lowest BCUT2D eigenvalue weighted by Crippen LogP contribution is -2.70. The Morgan fingerprint density at radius 1 is 0.727 bits per heavy atom. The summed E-state index contributed by atoms with van der Waals surface area (Å²) in [6.07, 6.45) is -18.5. The molecule has 0 saturated carbocycles. The molecule has 0 aliphatic carbocycles. The standard InChI is InChI=1S/C7BrF13O/c8-5(15,16)4(13,14)3(12,6(17,18)19)7(20,21)22-2(11)1(9)10. The Balaban J connectivity index is 6.34. The largest absolute Gasteiger partial charge is 0.450 e. The molecular weight excluding hydrogens is 427 g/mol. The molecule has 0 rings (SSSR count). The molecule has 1 unspecified atom stereocenters. The van der Waals surface area contributed by atoms with E-state index < -0.39 is 40.8 Å². The summed E-state index contributed by atoms with van der Waals surface area (Å²) < 4.78 is 163. The van der Waals surface area contributed by atoms with Crippen molar-refractivity contribution in [2.24, 2.45) is 0 Å². The van der Waals surface area contributed by atoms with Gasteiger partial charge in [-0.05, 0) is 15.9 Å². The van der Waals surface area contributed by atoms with Crippen molar-refractivity contribution in [3.8, 4) is 0 Å². The second kappa shape index (κ2) is 5.63. The topological polar surface area (TPSA) is 9.23 Å². The minimum atomic E-state index is -7.56. The Morgan fingerprint density at radius 3 is 1.32 bits per heavy atom. The van der Waals surface area contributed by atoms with Crippen LogP contribution in [0.2, 0.25) is 0 Å². The van der Waals surface area contributed by atoms with Crippen LogP contribution in [0.15, 0.2) is 12.1 Å². The van der Waals surface area contributed by atoms with Crippen LogP contribution in [-0.2, 0) is 4.74 Å². The van der Waals surface area contributed by atoms with Crippen molar-refractivity contribution in [2.45, 2.75) is 28.7 Å². The number of ether oxygens (including phenoxy) is 1. The van der Waals surface area contributed by atoms with Gasteiger partial charge in [0.25, 0.3) is 0 Å². The highest BCUT2D eigenvalue weighted by Crippen LogP contribution is 2.60. The summed E-state index contributed by atoms with van der Waals surface area (Å²) in [7, 11) is 0.